The Bertz CT molecular complexity index is 529. The van der Waals surface area contributed by atoms with Crippen LogP contribution in [0.1, 0.15) is 18.5 Å². The first-order chi connectivity index (χ1) is 8.29. The summed E-state index contributed by atoms with van der Waals surface area (Å²) in [6.07, 6.45) is 7.15. The second kappa shape index (κ2) is 4.07. The molecule has 2 heterocycles. The van der Waals surface area contributed by atoms with Gasteiger partial charge in [0.25, 0.3) is 0 Å². The Hall–Kier alpha value is -1.49. The summed E-state index contributed by atoms with van der Waals surface area (Å²) in [6, 6.07) is 0.535. The topological polar surface area (TPSA) is 55.6 Å². The van der Waals surface area contributed by atoms with Crippen LogP contribution in [0, 0.1) is 5.92 Å². The van der Waals surface area contributed by atoms with Crippen LogP contribution in [-0.4, -0.2) is 32.8 Å². The molecule has 1 N–H and O–H groups in total. The van der Waals surface area contributed by atoms with Gasteiger partial charge in [0.2, 0.25) is 0 Å². The van der Waals surface area contributed by atoms with Gasteiger partial charge in [0.1, 0.15) is 6.33 Å². The lowest BCUT2D eigenvalue weighted by Gasteiger charge is -2.14. The monoisotopic (exact) mass is 231 g/mol. The van der Waals surface area contributed by atoms with E-state index in [-0.39, 0.29) is 0 Å². The Morgan fingerprint density at radius 1 is 1.47 bits per heavy atom. The minimum Gasteiger partial charge on any atom is -0.316 e. The molecule has 17 heavy (non-hydrogen) atoms. The molecule has 0 amide bonds. The fourth-order valence-corrected chi connectivity index (χ4v) is 2.38. The highest BCUT2D eigenvalue weighted by Gasteiger charge is 2.30. The second-order valence-corrected chi connectivity index (χ2v) is 4.76. The predicted octanol–water partition coefficient (Wildman–Crippen LogP) is 0.904. The highest BCUT2D eigenvalue weighted by molar-refractivity contribution is 5.76. The van der Waals surface area contributed by atoms with Crippen molar-refractivity contribution in [2.24, 2.45) is 13.0 Å². The third-order valence-electron chi connectivity index (χ3n) is 3.59. The third-order valence-corrected chi connectivity index (χ3v) is 3.59. The van der Waals surface area contributed by atoms with Crippen LogP contribution >= 0.6 is 0 Å². The van der Waals surface area contributed by atoms with Crippen LogP contribution < -0.4 is 5.32 Å². The summed E-state index contributed by atoms with van der Waals surface area (Å²) in [4.78, 5) is 8.68. The van der Waals surface area contributed by atoms with Gasteiger partial charge in [-0.2, -0.15) is 5.10 Å². The van der Waals surface area contributed by atoms with E-state index in [9.17, 15) is 0 Å². The molecule has 0 radical (unpaired) electrons. The van der Waals surface area contributed by atoms with Crippen molar-refractivity contribution >= 4 is 11.0 Å². The maximum atomic E-state index is 4.41. The van der Waals surface area contributed by atoms with E-state index in [4.69, 9.17) is 0 Å². The number of aromatic nitrogens is 4. The molecule has 2 aromatic heterocycles. The number of hydrogen-bond donors (Lipinski definition) is 1. The Labute approximate surface area is 100 Å². The average Bonchev–Trinajstić information content (AvgIpc) is 3.12. The largest absolute Gasteiger partial charge is 0.316 e. The SMILES string of the molecule is CNC(Cc1ncnc2c1cnn2C)C1CC1. The van der Waals surface area contributed by atoms with E-state index < -0.39 is 0 Å². The summed E-state index contributed by atoms with van der Waals surface area (Å²) in [5.41, 5.74) is 2.02. The molecule has 0 aromatic carbocycles. The lowest BCUT2D eigenvalue weighted by Crippen LogP contribution is -2.30. The molecule has 1 fully saturated rings. The second-order valence-electron chi connectivity index (χ2n) is 4.76. The summed E-state index contributed by atoms with van der Waals surface area (Å²) in [6.45, 7) is 0. The number of likely N-dealkylation sites (N-methyl/N-ethyl adjacent to an activating group) is 1. The highest BCUT2D eigenvalue weighted by atomic mass is 15.3. The van der Waals surface area contributed by atoms with E-state index >= 15 is 0 Å². The molecular formula is C12H17N5. The maximum absolute atomic E-state index is 4.41. The van der Waals surface area contributed by atoms with E-state index in [1.54, 1.807) is 11.0 Å². The molecule has 1 atom stereocenters. The lowest BCUT2D eigenvalue weighted by atomic mass is 10.1. The van der Waals surface area contributed by atoms with Gasteiger partial charge in [-0.05, 0) is 25.8 Å². The van der Waals surface area contributed by atoms with E-state index in [1.807, 2.05) is 20.3 Å². The normalized spacial score (nSPS) is 17.5. The van der Waals surface area contributed by atoms with Gasteiger partial charge in [-0.15, -0.1) is 0 Å². The molecule has 90 valence electrons. The number of nitrogens with one attached hydrogen (secondary N) is 1. The Kier molecular flexibility index (Phi) is 2.55. The first kappa shape index (κ1) is 10.7. The van der Waals surface area contributed by atoms with Crippen molar-refractivity contribution in [2.45, 2.75) is 25.3 Å². The molecule has 1 aliphatic carbocycles. The first-order valence-corrected chi connectivity index (χ1v) is 6.08. The van der Waals surface area contributed by atoms with Crippen LogP contribution in [0.25, 0.3) is 11.0 Å². The minimum absolute atomic E-state index is 0.535. The molecule has 0 saturated heterocycles. The average molecular weight is 231 g/mol. The smallest absolute Gasteiger partial charge is 0.161 e. The number of nitrogens with zero attached hydrogens (tertiary/aromatic N) is 4. The highest BCUT2D eigenvalue weighted by Crippen LogP contribution is 2.34. The lowest BCUT2D eigenvalue weighted by molar-refractivity contribution is 0.497. The molecule has 1 unspecified atom stereocenters. The summed E-state index contributed by atoms with van der Waals surface area (Å²) in [5.74, 6) is 0.821. The Morgan fingerprint density at radius 3 is 3.00 bits per heavy atom. The molecule has 0 bridgehead atoms. The number of fused-ring (bicyclic) bond motifs is 1. The molecule has 1 aliphatic rings. The van der Waals surface area contributed by atoms with Crippen molar-refractivity contribution < 1.29 is 0 Å². The van der Waals surface area contributed by atoms with Crippen molar-refractivity contribution in [1.29, 1.82) is 0 Å². The molecule has 3 rings (SSSR count). The van der Waals surface area contributed by atoms with E-state index in [1.165, 1.54) is 12.8 Å². The van der Waals surface area contributed by atoms with E-state index in [2.05, 4.69) is 20.4 Å². The quantitative estimate of drug-likeness (QED) is 0.849. The van der Waals surface area contributed by atoms with Gasteiger partial charge in [-0.1, -0.05) is 0 Å². The predicted molar refractivity (Wildman–Crippen MR) is 65.6 cm³/mol. The van der Waals surface area contributed by atoms with Gasteiger partial charge < -0.3 is 5.32 Å². The summed E-state index contributed by atoms with van der Waals surface area (Å²) in [7, 11) is 3.94. The molecule has 5 nitrogen and oxygen atoms in total. The van der Waals surface area contributed by atoms with Crippen LogP contribution in [-0.2, 0) is 13.5 Å². The third kappa shape index (κ3) is 1.91. The van der Waals surface area contributed by atoms with Crippen molar-refractivity contribution in [1.82, 2.24) is 25.1 Å². The number of rotatable bonds is 4. The minimum atomic E-state index is 0.535. The zero-order valence-electron chi connectivity index (χ0n) is 10.2. The Morgan fingerprint density at radius 2 is 2.29 bits per heavy atom. The van der Waals surface area contributed by atoms with E-state index in [0.29, 0.717) is 6.04 Å². The fraction of sp³-hybridized carbons (Fsp3) is 0.583. The molecule has 1 saturated carbocycles. The molecular weight excluding hydrogens is 214 g/mol. The van der Waals surface area contributed by atoms with Crippen LogP contribution in [0.5, 0.6) is 0 Å². The van der Waals surface area contributed by atoms with Crippen LogP contribution in [0.3, 0.4) is 0 Å². The van der Waals surface area contributed by atoms with Gasteiger partial charge >= 0.3 is 0 Å². The number of hydrogen-bond acceptors (Lipinski definition) is 4. The van der Waals surface area contributed by atoms with Crippen LogP contribution in [0.15, 0.2) is 12.5 Å². The summed E-state index contributed by atoms with van der Waals surface area (Å²) < 4.78 is 1.80. The first-order valence-electron chi connectivity index (χ1n) is 6.08. The molecule has 0 aliphatic heterocycles. The van der Waals surface area contributed by atoms with Crippen molar-refractivity contribution in [3.05, 3.63) is 18.2 Å². The van der Waals surface area contributed by atoms with Crippen molar-refractivity contribution in [3.8, 4) is 0 Å². The zero-order chi connectivity index (χ0) is 11.8. The molecule has 2 aromatic rings. The molecule has 0 spiro atoms. The fourth-order valence-electron chi connectivity index (χ4n) is 2.38. The summed E-state index contributed by atoms with van der Waals surface area (Å²) >= 11 is 0. The van der Waals surface area contributed by atoms with Gasteiger partial charge in [-0.25, -0.2) is 9.97 Å². The Balaban J connectivity index is 1.93. The summed E-state index contributed by atoms with van der Waals surface area (Å²) in [5, 5.41) is 8.72. The van der Waals surface area contributed by atoms with Gasteiger partial charge in [-0.3, -0.25) is 4.68 Å². The van der Waals surface area contributed by atoms with Gasteiger partial charge in [0.15, 0.2) is 5.65 Å². The van der Waals surface area contributed by atoms with Gasteiger partial charge in [0.05, 0.1) is 17.3 Å². The van der Waals surface area contributed by atoms with Crippen LogP contribution in [0.4, 0.5) is 0 Å². The van der Waals surface area contributed by atoms with Crippen molar-refractivity contribution in [3.63, 3.8) is 0 Å². The maximum Gasteiger partial charge on any atom is 0.161 e. The zero-order valence-corrected chi connectivity index (χ0v) is 10.2. The van der Waals surface area contributed by atoms with E-state index in [0.717, 1.165) is 29.1 Å². The van der Waals surface area contributed by atoms with Crippen molar-refractivity contribution in [2.75, 3.05) is 7.05 Å². The standard InChI is InChI=1S/C12H17N5/c1-13-10(8-3-4-8)5-11-9-6-16-17(2)12(9)15-7-14-11/h6-8,10,13H,3-5H2,1-2H3. The van der Waals surface area contributed by atoms with Crippen LogP contribution in [0.2, 0.25) is 0 Å². The van der Waals surface area contributed by atoms with Gasteiger partial charge in [0, 0.05) is 19.5 Å². The number of aryl methyl sites for hydroxylation is 1. The molecule has 5 heteroatoms.